The first kappa shape index (κ1) is 14.6. The Hall–Kier alpha value is -1.28. The number of nitrogens with one attached hydrogen (secondary N) is 2. The Morgan fingerprint density at radius 3 is 3.14 bits per heavy atom. The van der Waals surface area contributed by atoms with Crippen LogP contribution in [-0.2, 0) is 24.1 Å². The van der Waals surface area contributed by atoms with Gasteiger partial charge in [-0.15, -0.1) is 11.3 Å². The number of fused-ring (bicyclic) bond motifs is 3. The molecule has 7 heteroatoms. The predicted molar refractivity (Wildman–Crippen MR) is 81.9 cm³/mol. The second-order valence-corrected chi connectivity index (χ2v) is 6.15. The zero-order valence-corrected chi connectivity index (χ0v) is 12.6. The Morgan fingerprint density at radius 2 is 2.29 bits per heavy atom. The summed E-state index contributed by atoms with van der Waals surface area (Å²) in [6.45, 7) is 2.08. The van der Waals surface area contributed by atoms with Crippen LogP contribution in [-0.4, -0.2) is 41.4 Å². The average Bonchev–Trinajstić information content (AvgIpc) is 3.02. The van der Waals surface area contributed by atoms with Crippen molar-refractivity contribution in [3.63, 3.8) is 0 Å². The van der Waals surface area contributed by atoms with Gasteiger partial charge in [0.15, 0.2) is 0 Å². The lowest BCUT2D eigenvalue weighted by molar-refractivity contribution is 0.0937. The van der Waals surface area contributed by atoms with Gasteiger partial charge in [0.05, 0.1) is 31.8 Å². The summed E-state index contributed by atoms with van der Waals surface area (Å²) < 4.78 is 5.15. The van der Waals surface area contributed by atoms with Crippen molar-refractivity contribution < 1.29 is 9.84 Å². The Labute approximate surface area is 126 Å². The van der Waals surface area contributed by atoms with Crippen LogP contribution in [0.15, 0.2) is 4.79 Å². The number of H-pyrrole nitrogens is 1. The first-order valence-corrected chi connectivity index (χ1v) is 8.04. The number of aliphatic hydroxyl groups excluding tert-OH is 1. The van der Waals surface area contributed by atoms with Crippen molar-refractivity contribution in [2.24, 2.45) is 0 Å². The minimum absolute atomic E-state index is 0.0206. The molecule has 0 saturated carbocycles. The van der Waals surface area contributed by atoms with Crippen molar-refractivity contribution in [3.8, 4) is 0 Å². The highest BCUT2D eigenvalue weighted by Crippen LogP contribution is 2.34. The average molecular weight is 309 g/mol. The molecule has 0 unspecified atom stereocenters. The SMILES string of the molecule is O=c1[nH]c(CNCCOCCO)nc2sc3c(c12)CCC3. The number of thiophene rings is 1. The number of aryl methyl sites for hydroxylation is 2. The number of hydrogen-bond acceptors (Lipinski definition) is 6. The normalized spacial score (nSPS) is 14.0. The lowest BCUT2D eigenvalue weighted by atomic mass is 10.2. The summed E-state index contributed by atoms with van der Waals surface area (Å²) in [5.41, 5.74) is 1.19. The van der Waals surface area contributed by atoms with Crippen molar-refractivity contribution in [2.45, 2.75) is 25.8 Å². The van der Waals surface area contributed by atoms with Crippen molar-refractivity contribution >= 4 is 21.6 Å². The van der Waals surface area contributed by atoms with Crippen LogP contribution >= 0.6 is 11.3 Å². The van der Waals surface area contributed by atoms with E-state index < -0.39 is 0 Å². The van der Waals surface area contributed by atoms with Crippen LogP contribution in [0.2, 0.25) is 0 Å². The van der Waals surface area contributed by atoms with E-state index in [-0.39, 0.29) is 12.2 Å². The summed E-state index contributed by atoms with van der Waals surface area (Å²) >= 11 is 1.65. The maximum Gasteiger partial charge on any atom is 0.259 e. The van der Waals surface area contributed by atoms with Crippen molar-refractivity contribution in [1.29, 1.82) is 0 Å². The number of aromatic amines is 1. The molecule has 0 aromatic carbocycles. The van der Waals surface area contributed by atoms with Gasteiger partial charge < -0.3 is 20.1 Å². The minimum Gasteiger partial charge on any atom is -0.394 e. The van der Waals surface area contributed by atoms with Gasteiger partial charge in [-0.1, -0.05) is 0 Å². The summed E-state index contributed by atoms with van der Waals surface area (Å²) in [4.78, 5) is 21.8. The van der Waals surface area contributed by atoms with Crippen LogP contribution in [0.4, 0.5) is 0 Å². The minimum atomic E-state index is -0.0206. The molecule has 0 amide bonds. The fourth-order valence-electron chi connectivity index (χ4n) is 2.65. The van der Waals surface area contributed by atoms with Gasteiger partial charge in [0.25, 0.3) is 5.56 Å². The molecular weight excluding hydrogens is 290 g/mol. The summed E-state index contributed by atoms with van der Waals surface area (Å²) in [7, 11) is 0. The Bertz CT molecular complexity index is 680. The van der Waals surface area contributed by atoms with Gasteiger partial charge in [-0.2, -0.15) is 0 Å². The Balaban J connectivity index is 1.66. The van der Waals surface area contributed by atoms with Gasteiger partial charge in [-0.25, -0.2) is 4.98 Å². The van der Waals surface area contributed by atoms with Crippen molar-refractivity contribution in [1.82, 2.24) is 15.3 Å². The van der Waals surface area contributed by atoms with Crippen LogP contribution in [0.25, 0.3) is 10.2 Å². The van der Waals surface area contributed by atoms with Gasteiger partial charge >= 0.3 is 0 Å². The van der Waals surface area contributed by atoms with E-state index in [2.05, 4.69) is 15.3 Å². The molecule has 0 fully saturated rings. The van der Waals surface area contributed by atoms with Crippen LogP contribution < -0.4 is 10.9 Å². The van der Waals surface area contributed by atoms with Crippen LogP contribution in [0, 0.1) is 0 Å². The van der Waals surface area contributed by atoms with E-state index in [9.17, 15) is 4.79 Å². The van der Waals surface area contributed by atoms with Crippen molar-refractivity contribution in [3.05, 3.63) is 26.6 Å². The first-order chi connectivity index (χ1) is 10.3. The second kappa shape index (κ2) is 6.65. The smallest absolute Gasteiger partial charge is 0.259 e. The first-order valence-electron chi connectivity index (χ1n) is 7.22. The molecule has 0 bridgehead atoms. The molecule has 114 valence electrons. The number of aromatic nitrogens is 2. The monoisotopic (exact) mass is 309 g/mol. The molecule has 3 rings (SSSR count). The zero-order chi connectivity index (χ0) is 14.7. The third kappa shape index (κ3) is 3.16. The zero-order valence-electron chi connectivity index (χ0n) is 11.8. The third-order valence-electron chi connectivity index (χ3n) is 3.58. The molecule has 1 aliphatic carbocycles. The fraction of sp³-hybridized carbons (Fsp3) is 0.571. The van der Waals surface area contributed by atoms with Gasteiger partial charge in [0.1, 0.15) is 10.7 Å². The molecule has 2 heterocycles. The number of aliphatic hydroxyl groups is 1. The van der Waals surface area contributed by atoms with Crippen molar-refractivity contribution in [2.75, 3.05) is 26.4 Å². The quantitative estimate of drug-likeness (QED) is 0.651. The highest BCUT2D eigenvalue weighted by atomic mass is 32.1. The maximum atomic E-state index is 12.2. The van der Waals surface area contributed by atoms with Gasteiger partial charge in [0.2, 0.25) is 0 Å². The van der Waals surface area contributed by atoms with E-state index in [1.54, 1.807) is 11.3 Å². The van der Waals surface area contributed by atoms with Crippen LogP contribution in [0.5, 0.6) is 0 Å². The molecule has 0 saturated heterocycles. The van der Waals surface area contributed by atoms with E-state index in [0.29, 0.717) is 32.1 Å². The summed E-state index contributed by atoms with van der Waals surface area (Å²) in [5, 5.41) is 12.5. The molecule has 2 aromatic heterocycles. The number of rotatable bonds is 7. The Kier molecular flexibility index (Phi) is 4.64. The fourth-order valence-corrected chi connectivity index (χ4v) is 3.93. The molecule has 0 radical (unpaired) electrons. The summed E-state index contributed by atoms with van der Waals surface area (Å²) in [5.74, 6) is 0.662. The van der Waals surface area contributed by atoms with Gasteiger partial charge in [-0.05, 0) is 24.8 Å². The van der Waals surface area contributed by atoms with Crippen LogP contribution in [0.1, 0.15) is 22.7 Å². The van der Waals surface area contributed by atoms with Crippen LogP contribution in [0.3, 0.4) is 0 Å². The number of ether oxygens (including phenoxy) is 1. The molecule has 0 spiro atoms. The maximum absolute atomic E-state index is 12.2. The molecule has 1 aliphatic rings. The largest absolute Gasteiger partial charge is 0.394 e. The molecule has 2 aromatic rings. The standard InChI is InChI=1S/C14H19N3O3S/c18-5-7-20-6-4-15-8-11-16-13(19)12-9-2-1-3-10(9)21-14(12)17-11/h15,18H,1-8H2,(H,16,17,19). The highest BCUT2D eigenvalue weighted by molar-refractivity contribution is 7.18. The van der Waals surface area contributed by atoms with Gasteiger partial charge in [0, 0.05) is 11.4 Å². The van der Waals surface area contributed by atoms with E-state index >= 15 is 0 Å². The molecule has 21 heavy (non-hydrogen) atoms. The Morgan fingerprint density at radius 1 is 1.38 bits per heavy atom. The van der Waals surface area contributed by atoms with E-state index in [4.69, 9.17) is 9.84 Å². The lowest BCUT2D eigenvalue weighted by Crippen LogP contribution is -2.23. The summed E-state index contributed by atoms with van der Waals surface area (Å²) in [6, 6.07) is 0. The summed E-state index contributed by atoms with van der Waals surface area (Å²) in [6.07, 6.45) is 3.22. The highest BCUT2D eigenvalue weighted by Gasteiger charge is 2.20. The molecule has 3 N–H and O–H groups in total. The molecular formula is C14H19N3O3S. The van der Waals surface area contributed by atoms with E-state index in [0.717, 1.165) is 29.5 Å². The lowest BCUT2D eigenvalue weighted by Gasteiger charge is -2.05. The number of hydrogen-bond donors (Lipinski definition) is 3. The third-order valence-corrected chi connectivity index (χ3v) is 4.76. The number of nitrogens with zero attached hydrogens (tertiary/aromatic N) is 1. The molecule has 6 nitrogen and oxygen atoms in total. The topological polar surface area (TPSA) is 87.2 Å². The predicted octanol–water partition coefficient (Wildman–Crippen LogP) is 0.572. The molecule has 0 atom stereocenters. The molecule has 0 aliphatic heterocycles. The second-order valence-electron chi connectivity index (χ2n) is 5.06. The van der Waals surface area contributed by atoms with E-state index in [1.165, 1.54) is 10.4 Å². The van der Waals surface area contributed by atoms with E-state index in [1.807, 2.05) is 0 Å². The van der Waals surface area contributed by atoms with Gasteiger partial charge in [-0.3, -0.25) is 4.79 Å².